The molecule has 0 N–H and O–H groups in total. The summed E-state index contributed by atoms with van der Waals surface area (Å²) >= 11 is 0. The van der Waals surface area contributed by atoms with Gasteiger partial charge >= 0.3 is 0 Å². The Morgan fingerprint density at radius 2 is 2.15 bits per heavy atom. The van der Waals surface area contributed by atoms with E-state index in [0.717, 1.165) is 50.9 Å². The number of pyridine rings is 1. The van der Waals surface area contributed by atoms with Gasteiger partial charge in [-0.2, -0.15) is 0 Å². The molecule has 2 fully saturated rings. The highest BCUT2D eigenvalue weighted by Gasteiger charge is 2.24. The number of hydrogen-bond donors (Lipinski definition) is 0. The molecule has 4 heteroatoms. The lowest BCUT2D eigenvalue weighted by Gasteiger charge is -2.33. The first-order chi connectivity index (χ1) is 9.79. The van der Waals surface area contributed by atoms with Gasteiger partial charge in [0, 0.05) is 38.5 Å². The van der Waals surface area contributed by atoms with Crippen LogP contribution in [0.2, 0.25) is 0 Å². The lowest BCUT2D eigenvalue weighted by atomic mass is 10.0. The topological polar surface area (TPSA) is 34.6 Å². The summed E-state index contributed by atoms with van der Waals surface area (Å²) in [5, 5.41) is 0. The summed E-state index contributed by atoms with van der Waals surface area (Å²) in [7, 11) is 0. The number of ether oxygens (including phenoxy) is 2. The van der Waals surface area contributed by atoms with Crippen molar-refractivity contribution < 1.29 is 9.47 Å². The molecule has 3 rings (SSSR count). The van der Waals surface area contributed by atoms with Gasteiger partial charge in [0.2, 0.25) is 5.88 Å². The minimum atomic E-state index is 0.321. The summed E-state index contributed by atoms with van der Waals surface area (Å²) in [6, 6.07) is 4.02. The molecule has 2 aliphatic heterocycles. The number of piperidine rings is 1. The van der Waals surface area contributed by atoms with E-state index in [1.165, 1.54) is 18.5 Å². The second kappa shape index (κ2) is 6.55. The quantitative estimate of drug-likeness (QED) is 0.845. The zero-order valence-corrected chi connectivity index (χ0v) is 12.3. The van der Waals surface area contributed by atoms with Crippen molar-refractivity contribution in [3.05, 3.63) is 23.9 Å². The zero-order chi connectivity index (χ0) is 13.8. The number of aromatic nitrogens is 1. The predicted octanol–water partition coefficient (Wildman–Crippen LogP) is 2.27. The van der Waals surface area contributed by atoms with Crippen molar-refractivity contribution in [3.8, 4) is 5.88 Å². The number of aryl methyl sites for hydroxylation is 1. The molecule has 4 nitrogen and oxygen atoms in total. The van der Waals surface area contributed by atoms with Crippen molar-refractivity contribution >= 4 is 0 Å². The molecule has 0 amide bonds. The summed E-state index contributed by atoms with van der Waals surface area (Å²) in [4.78, 5) is 6.88. The maximum absolute atomic E-state index is 5.97. The van der Waals surface area contributed by atoms with E-state index in [1.54, 1.807) is 0 Å². The van der Waals surface area contributed by atoms with Crippen molar-refractivity contribution in [2.45, 2.75) is 32.3 Å². The summed E-state index contributed by atoms with van der Waals surface area (Å²) in [5.41, 5.74) is 1.17. The van der Waals surface area contributed by atoms with Crippen LogP contribution in [0, 0.1) is 12.8 Å². The molecule has 1 aromatic rings. The minimum Gasteiger partial charge on any atom is -0.474 e. The van der Waals surface area contributed by atoms with Gasteiger partial charge in [-0.25, -0.2) is 4.98 Å². The van der Waals surface area contributed by atoms with E-state index in [4.69, 9.17) is 9.47 Å². The molecular formula is C16H24N2O2. The van der Waals surface area contributed by atoms with Gasteiger partial charge in [0.05, 0.1) is 6.61 Å². The standard InChI is InChI=1S/C16H24N2O2/c1-13-2-3-16(17-10-13)20-15-4-7-18(8-5-15)11-14-6-9-19-12-14/h2-3,10,14-15H,4-9,11-12H2,1H3/t14-/m0/s1. The highest BCUT2D eigenvalue weighted by atomic mass is 16.5. The number of nitrogens with zero attached hydrogens (tertiary/aromatic N) is 2. The van der Waals surface area contributed by atoms with Crippen LogP contribution in [0.1, 0.15) is 24.8 Å². The van der Waals surface area contributed by atoms with Crippen LogP contribution in [0.25, 0.3) is 0 Å². The van der Waals surface area contributed by atoms with Crippen molar-refractivity contribution in [3.63, 3.8) is 0 Å². The molecule has 0 saturated carbocycles. The van der Waals surface area contributed by atoms with Gasteiger partial charge in [0.25, 0.3) is 0 Å². The molecule has 0 unspecified atom stereocenters. The van der Waals surface area contributed by atoms with Gasteiger partial charge in [-0.1, -0.05) is 6.07 Å². The molecule has 0 bridgehead atoms. The summed E-state index contributed by atoms with van der Waals surface area (Å²) < 4.78 is 11.4. The Hall–Kier alpha value is -1.13. The van der Waals surface area contributed by atoms with E-state index < -0.39 is 0 Å². The van der Waals surface area contributed by atoms with Crippen molar-refractivity contribution in [2.75, 3.05) is 32.8 Å². The maximum Gasteiger partial charge on any atom is 0.213 e. The summed E-state index contributed by atoms with van der Waals surface area (Å²) in [6.45, 7) is 7.39. The first-order valence-corrected chi connectivity index (χ1v) is 7.69. The Labute approximate surface area is 121 Å². The fourth-order valence-corrected chi connectivity index (χ4v) is 3.00. The van der Waals surface area contributed by atoms with Crippen LogP contribution in [-0.2, 0) is 4.74 Å². The van der Waals surface area contributed by atoms with Crippen molar-refractivity contribution in [1.82, 2.24) is 9.88 Å². The highest BCUT2D eigenvalue weighted by Crippen LogP contribution is 2.20. The van der Waals surface area contributed by atoms with E-state index in [0.29, 0.717) is 6.10 Å². The fourth-order valence-electron chi connectivity index (χ4n) is 3.00. The summed E-state index contributed by atoms with van der Waals surface area (Å²) in [5.74, 6) is 1.50. The molecule has 110 valence electrons. The molecule has 3 heterocycles. The number of hydrogen-bond acceptors (Lipinski definition) is 4. The van der Waals surface area contributed by atoms with Crippen molar-refractivity contribution in [1.29, 1.82) is 0 Å². The molecule has 0 spiro atoms. The van der Waals surface area contributed by atoms with Gasteiger partial charge in [-0.05, 0) is 37.7 Å². The van der Waals surface area contributed by atoms with E-state index in [2.05, 4.69) is 16.0 Å². The molecule has 1 aromatic heterocycles. The van der Waals surface area contributed by atoms with Crippen molar-refractivity contribution in [2.24, 2.45) is 5.92 Å². The third-order valence-corrected chi connectivity index (χ3v) is 4.25. The Balaban J connectivity index is 1.42. The average molecular weight is 276 g/mol. The van der Waals surface area contributed by atoms with E-state index in [-0.39, 0.29) is 0 Å². The van der Waals surface area contributed by atoms with E-state index in [9.17, 15) is 0 Å². The van der Waals surface area contributed by atoms with E-state index in [1.807, 2.05) is 19.2 Å². The lowest BCUT2D eigenvalue weighted by molar-refractivity contribution is 0.0850. The first kappa shape index (κ1) is 13.8. The number of likely N-dealkylation sites (tertiary alicyclic amines) is 1. The third kappa shape index (κ3) is 3.70. The molecule has 2 saturated heterocycles. The Bertz CT molecular complexity index is 407. The Morgan fingerprint density at radius 3 is 2.80 bits per heavy atom. The molecule has 0 aliphatic carbocycles. The smallest absolute Gasteiger partial charge is 0.213 e. The van der Waals surface area contributed by atoms with Gasteiger partial charge in [-0.15, -0.1) is 0 Å². The minimum absolute atomic E-state index is 0.321. The van der Waals surface area contributed by atoms with Crippen LogP contribution >= 0.6 is 0 Å². The summed E-state index contributed by atoms with van der Waals surface area (Å²) in [6.07, 6.45) is 5.61. The SMILES string of the molecule is Cc1ccc(OC2CCN(C[C@@H]3CCOC3)CC2)nc1. The third-order valence-electron chi connectivity index (χ3n) is 4.25. The van der Waals surface area contributed by atoms with Crippen LogP contribution in [0.15, 0.2) is 18.3 Å². The zero-order valence-electron chi connectivity index (χ0n) is 12.3. The average Bonchev–Trinajstić information content (AvgIpc) is 2.96. The van der Waals surface area contributed by atoms with Gasteiger partial charge in [-0.3, -0.25) is 0 Å². The second-order valence-corrected chi connectivity index (χ2v) is 6.02. The largest absolute Gasteiger partial charge is 0.474 e. The Morgan fingerprint density at radius 1 is 1.30 bits per heavy atom. The molecule has 0 radical (unpaired) electrons. The molecule has 1 atom stereocenters. The molecule has 0 aromatic carbocycles. The van der Waals surface area contributed by atoms with Crippen LogP contribution in [-0.4, -0.2) is 48.8 Å². The van der Waals surface area contributed by atoms with Gasteiger partial charge in [0.15, 0.2) is 0 Å². The predicted molar refractivity (Wildman–Crippen MR) is 78.0 cm³/mol. The van der Waals surface area contributed by atoms with Gasteiger partial charge < -0.3 is 14.4 Å². The van der Waals surface area contributed by atoms with E-state index >= 15 is 0 Å². The molecular weight excluding hydrogens is 252 g/mol. The molecule has 2 aliphatic rings. The monoisotopic (exact) mass is 276 g/mol. The molecule has 20 heavy (non-hydrogen) atoms. The van der Waals surface area contributed by atoms with Crippen LogP contribution in [0.5, 0.6) is 5.88 Å². The van der Waals surface area contributed by atoms with Crippen LogP contribution in [0.3, 0.4) is 0 Å². The first-order valence-electron chi connectivity index (χ1n) is 7.69. The highest BCUT2D eigenvalue weighted by molar-refractivity contribution is 5.16. The number of rotatable bonds is 4. The lowest BCUT2D eigenvalue weighted by Crippen LogP contribution is -2.40. The maximum atomic E-state index is 5.97. The Kier molecular flexibility index (Phi) is 4.53. The van der Waals surface area contributed by atoms with Crippen LogP contribution < -0.4 is 4.74 Å². The van der Waals surface area contributed by atoms with Crippen LogP contribution in [0.4, 0.5) is 0 Å². The second-order valence-electron chi connectivity index (χ2n) is 6.02. The fraction of sp³-hybridized carbons (Fsp3) is 0.688. The normalized spacial score (nSPS) is 24.9. The van der Waals surface area contributed by atoms with Gasteiger partial charge in [0.1, 0.15) is 6.10 Å².